The predicted octanol–water partition coefficient (Wildman–Crippen LogP) is 10.5. The van der Waals surface area contributed by atoms with E-state index in [9.17, 15) is 30.6 Å². The zero-order valence-corrected chi connectivity index (χ0v) is 37.0. The average Bonchev–Trinajstić information content (AvgIpc) is 4.08. The number of hydrogen-bond acceptors (Lipinski definition) is 9. The van der Waals surface area contributed by atoms with E-state index < -0.39 is 6.10 Å². The Bertz CT molecular complexity index is 2610. The Morgan fingerprint density at radius 3 is 2.42 bits per heavy atom. The van der Waals surface area contributed by atoms with Gasteiger partial charge in [-0.2, -0.15) is 0 Å². The SMILES string of the molecule is CCCCCc1cc(CCc2c(O)c(O)c3c(O)cccc3c2/C=C/c2ccc(O)c(O)c2)ccc1CN[C@H]1C=C[C@H]2CCC[C@]23CC[C@]24CCC[C@H]2C=C[C@H](O)[C@H]4[C@@]13C1=NCN=C1. The maximum atomic E-state index is 12.4. The lowest BCUT2D eigenvalue weighted by atomic mass is 9.35. The van der Waals surface area contributed by atoms with Gasteiger partial charge in [0, 0.05) is 35.7 Å². The van der Waals surface area contributed by atoms with E-state index in [0.717, 1.165) is 49.8 Å². The number of benzene rings is 4. The topological polar surface area (TPSA) is 158 Å². The number of rotatable bonds is 13. The van der Waals surface area contributed by atoms with Crippen molar-refractivity contribution >= 4 is 34.9 Å². The summed E-state index contributed by atoms with van der Waals surface area (Å²) < 4.78 is 0. The number of nitrogens with one attached hydrogen (secondary N) is 1. The fourth-order valence-electron chi connectivity index (χ4n) is 14.2. The highest BCUT2D eigenvalue weighted by Crippen LogP contribution is 2.76. The molecule has 6 aliphatic rings. The van der Waals surface area contributed by atoms with Gasteiger partial charge in [-0.15, -0.1) is 0 Å². The van der Waals surface area contributed by atoms with Gasteiger partial charge in [0.15, 0.2) is 23.0 Å². The van der Waals surface area contributed by atoms with E-state index >= 15 is 0 Å². The van der Waals surface area contributed by atoms with Crippen molar-refractivity contribution in [3.63, 3.8) is 0 Å². The number of fused-ring (bicyclic) bond motifs is 2. The number of aliphatic hydroxyl groups excluding tert-OH is 1. The molecule has 7 N–H and O–H groups in total. The van der Waals surface area contributed by atoms with Crippen molar-refractivity contribution in [2.75, 3.05) is 6.67 Å². The molecule has 0 saturated heterocycles. The second-order valence-electron chi connectivity index (χ2n) is 19.8. The molecular weight excluding hydrogens is 799 g/mol. The molecule has 0 aromatic heterocycles. The number of aliphatic imine (C=N–C) groups is 2. The monoisotopic (exact) mass is 861 g/mol. The van der Waals surface area contributed by atoms with Gasteiger partial charge in [-0.3, -0.25) is 9.98 Å². The van der Waals surface area contributed by atoms with Crippen LogP contribution in [0, 0.1) is 34.0 Å². The Balaban J connectivity index is 0.984. The number of allylic oxidation sites excluding steroid dienone is 2. The van der Waals surface area contributed by atoms with Gasteiger partial charge in [0.1, 0.15) is 12.4 Å². The van der Waals surface area contributed by atoms with E-state index in [2.05, 4.69) is 61.0 Å². The van der Waals surface area contributed by atoms with Gasteiger partial charge in [0.25, 0.3) is 0 Å². The molecule has 0 unspecified atom stereocenters. The molecule has 0 amide bonds. The lowest BCUT2D eigenvalue weighted by Crippen LogP contribution is -2.73. The smallest absolute Gasteiger partial charge is 0.169 e. The van der Waals surface area contributed by atoms with Crippen molar-refractivity contribution in [3.05, 3.63) is 112 Å². The lowest BCUT2D eigenvalue weighted by molar-refractivity contribution is -0.165. The number of unbranched alkanes of at least 4 members (excludes halogenated alkanes) is 2. The highest BCUT2D eigenvalue weighted by atomic mass is 16.3. The van der Waals surface area contributed by atoms with Crippen LogP contribution in [0.4, 0.5) is 0 Å². The largest absolute Gasteiger partial charge is 0.507 e. The summed E-state index contributed by atoms with van der Waals surface area (Å²) in [5, 5.41) is 71.0. The third-order valence-electron chi connectivity index (χ3n) is 16.9. The van der Waals surface area contributed by atoms with Gasteiger partial charge in [-0.25, -0.2) is 0 Å². The Kier molecular flexibility index (Phi) is 11.2. The predicted molar refractivity (Wildman–Crippen MR) is 255 cm³/mol. The number of aromatic hydroxyl groups is 5. The zero-order valence-electron chi connectivity index (χ0n) is 37.0. The second kappa shape index (κ2) is 16.9. The Morgan fingerprint density at radius 1 is 0.750 bits per heavy atom. The van der Waals surface area contributed by atoms with E-state index in [0.29, 0.717) is 60.0 Å². The fourth-order valence-corrected chi connectivity index (χ4v) is 14.2. The van der Waals surface area contributed by atoms with Crippen LogP contribution in [-0.2, 0) is 25.8 Å². The summed E-state index contributed by atoms with van der Waals surface area (Å²) in [4.78, 5) is 10.0. The van der Waals surface area contributed by atoms with Crippen molar-refractivity contribution in [2.45, 2.75) is 116 Å². The highest BCUT2D eigenvalue weighted by molar-refractivity contribution is 6.35. The van der Waals surface area contributed by atoms with E-state index in [1.165, 1.54) is 67.9 Å². The minimum Gasteiger partial charge on any atom is -0.507 e. The van der Waals surface area contributed by atoms with E-state index in [4.69, 9.17) is 9.98 Å². The molecule has 3 saturated carbocycles. The third-order valence-corrected chi connectivity index (χ3v) is 16.9. The van der Waals surface area contributed by atoms with Crippen LogP contribution in [0.25, 0.3) is 22.9 Å². The standard InChI is InChI=1S/C55H63N3O6/c1-2-3-4-8-36-29-34(15-21-42-40(20-14-35-16-22-43(59)46(62)30-35)41-11-5-12-44(60)49(41)51(64)50(42)63)13-17-37(36)31-57-47-24-19-39-10-7-26-54(39)28-27-53-25-6-9-38(53)18-23-45(61)52(53)55(47,54)48-32-56-33-58-48/h5,11-14,16-20,22-24,29-30,32,38-39,45,47,52,57,59-64H,2-4,6-10,15,21,25-28,31,33H2,1H3/b20-14+/t38-,39+,45-,47-,52+,53+,54-,55-/m0/s1. The van der Waals surface area contributed by atoms with E-state index in [1.807, 2.05) is 12.1 Å². The molecule has 10 rings (SSSR count). The Hall–Kier alpha value is -5.38. The normalized spacial score (nSPS) is 30.2. The molecule has 8 atom stereocenters. The van der Waals surface area contributed by atoms with Gasteiger partial charge in [-0.05, 0) is 138 Å². The van der Waals surface area contributed by atoms with Gasteiger partial charge >= 0.3 is 0 Å². The fraction of sp³-hybridized carbons (Fsp3) is 0.455. The molecule has 9 heteroatoms. The molecule has 4 aromatic carbocycles. The number of phenolic OH excluding ortho intramolecular Hbond substituents is 5. The maximum Gasteiger partial charge on any atom is 0.169 e. The van der Waals surface area contributed by atoms with Crippen LogP contribution in [0.5, 0.6) is 28.7 Å². The molecular formula is C55H63N3O6. The number of hydrogen-bond donors (Lipinski definition) is 7. The molecule has 5 aliphatic carbocycles. The minimum atomic E-state index is -0.531. The average molecular weight is 862 g/mol. The lowest BCUT2D eigenvalue weighted by Gasteiger charge is -2.69. The molecule has 2 spiro atoms. The first-order valence-electron chi connectivity index (χ1n) is 23.9. The maximum absolute atomic E-state index is 12.4. The molecule has 1 aliphatic heterocycles. The number of aliphatic hydroxyl groups is 1. The Morgan fingerprint density at radius 2 is 1.59 bits per heavy atom. The summed E-state index contributed by atoms with van der Waals surface area (Å²) in [5.41, 5.74) is 6.34. The molecule has 9 nitrogen and oxygen atoms in total. The van der Waals surface area contributed by atoms with Crippen molar-refractivity contribution in [2.24, 2.45) is 44.0 Å². The molecule has 1 heterocycles. The Labute approximate surface area is 376 Å². The number of aryl methyl sites for hydroxylation is 2. The molecule has 3 fully saturated rings. The van der Waals surface area contributed by atoms with Crippen LogP contribution in [0.1, 0.15) is 111 Å². The first-order valence-corrected chi connectivity index (χ1v) is 23.9. The van der Waals surface area contributed by atoms with E-state index in [-0.39, 0.29) is 62.3 Å². The zero-order chi connectivity index (χ0) is 44.2. The summed E-state index contributed by atoms with van der Waals surface area (Å²) in [7, 11) is 0. The molecule has 0 radical (unpaired) electrons. The number of phenols is 5. The molecule has 334 valence electrons. The summed E-state index contributed by atoms with van der Waals surface area (Å²) >= 11 is 0. The van der Waals surface area contributed by atoms with Crippen LogP contribution >= 0.6 is 0 Å². The van der Waals surface area contributed by atoms with Gasteiger partial charge < -0.3 is 36.0 Å². The first kappa shape index (κ1) is 42.6. The van der Waals surface area contributed by atoms with Crippen LogP contribution < -0.4 is 5.32 Å². The van der Waals surface area contributed by atoms with Crippen molar-refractivity contribution < 1.29 is 30.6 Å². The van der Waals surface area contributed by atoms with Crippen LogP contribution in [0.15, 0.2) is 88.9 Å². The van der Waals surface area contributed by atoms with Crippen LogP contribution in [0.3, 0.4) is 0 Å². The van der Waals surface area contributed by atoms with Gasteiger partial charge in [-0.1, -0.05) is 105 Å². The molecule has 0 bridgehead atoms. The van der Waals surface area contributed by atoms with Gasteiger partial charge in [0.05, 0.1) is 17.2 Å². The molecule has 64 heavy (non-hydrogen) atoms. The molecule has 4 aromatic rings. The summed E-state index contributed by atoms with van der Waals surface area (Å²) in [5.74, 6) is -0.200. The highest BCUT2D eigenvalue weighted by Gasteiger charge is 2.74. The number of nitrogens with zero attached hydrogens (tertiary/aromatic N) is 2. The van der Waals surface area contributed by atoms with Crippen LogP contribution in [-0.4, -0.2) is 61.4 Å². The van der Waals surface area contributed by atoms with Crippen LogP contribution in [0.2, 0.25) is 0 Å². The first-order chi connectivity index (χ1) is 31.1. The quantitative estimate of drug-likeness (QED) is 0.0305. The van der Waals surface area contributed by atoms with Crippen molar-refractivity contribution in [1.82, 2.24) is 5.32 Å². The van der Waals surface area contributed by atoms with E-state index in [1.54, 1.807) is 18.2 Å². The summed E-state index contributed by atoms with van der Waals surface area (Å²) in [6, 6.07) is 16.4. The van der Waals surface area contributed by atoms with Gasteiger partial charge in [0.2, 0.25) is 0 Å². The second-order valence-corrected chi connectivity index (χ2v) is 19.8. The summed E-state index contributed by atoms with van der Waals surface area (Å²) in [6.07, 6.45) is 29.4. The third kappa shape index (κ3) is 6.71. The van der Waals surface area contributed by atoms with Crippen molar-refractivity contribution in [3.8, 4) is 28.7 Å². The minimum absolute atomic E-state index is 0.0129. The van der Waals surface area contributed by atoms with Crippen molar-refractivity contribution in [1.29, 1.82) is 0 Å². The summed E-state index contributed by atoms with van der Waals surface area (Å²) in [6.45, 7) is 3.38.